The van der Waals surface area contributed by atoms with Gasteiger partial charge in [-0.25, -0.2) is 9.59 Å². The summed E-state index contributed by atoms with van der Waals surface area (Å²) >= 11 is 0. The Hall–Kier alpha value is -3.48. The number of hydroxylamine groups is 2. The molecule has 0 spiro atoms. The molecule has 0 bridgehead atoms. The zero-order chi connectivity index (χ0) is 23.5. The molecule has 1 saturated heterocycles. The number of carbonyl (C=O) groups is 2. The number of likely N-dealkylation sites (tertiary alicyclic amines) is 1. The van der Waals surface area contributed by atoms with Crippen LogP contribution in [0, 0.1) is 5.92 Å². The first-order valence-electron chi connectivity index (χ1n) is 11.7. The second-order valence-corrected chi connectivity index (χ2v) is 9.07. The predicted octanol–water partition coefficient (Wildman–Crippen LogP) is 4.62. The average molecular weight is 457 g/mol. The van der Waals surface area contributed by atoms with Gasteiger partial charge in [-0.1, -0.05) is 79.7 Å². The van der Waals surface area contributed by atoms with Crippen LogP contribution in [0.4, 0.5) is 0 Å². The fraction of sp³-hybridized carbons (Fsp3) is 0.286. The molecule has 34 heavy (non-hydrogen) atoms. The van der Waals surface area contributed by atoms with Gasteiger partial charge in [0.2, 0.25) is 0 Å². The van der Waals surface area contributed by atoms with Crippen molar-refractivity contribution >= 4 is 22.7 Å². The lowest BCUT2D eigenvalue weighted by atomic mass is 9.89. The van der Waals surface area contributed by atoms with Gasteiger partial charge in [0.25, 0.3) is 0 Å². The molecule has 1 unspecified atom stereocenters. The summed E-state index contributed by atoms with van der Waals surface area (Å²) in [6.45, 7) is 4.96. The van der Waals surface area contributed by atoms with Crippen LogP contribution in [0.2, 0.25) is 0 Å². The molecule has 0 amide bonds. The Morgan fingerprint density at radius 3 is 2.56 bits per heavy atom. The van der Waals surface area contributed by atoms with E-state index < -0.39 is 11.9 Å². The van der Waals surface area contributed by atoms with E-state index in [2.05, 4.69) is 17.0 Å². The largest absolute Gasteiger partial charge is 0.357 e. The van der Waals surface area contributed by atoms with Gasteiger partial charge in [-0.2, -0.15) is 0 Å². The first kappa shape index (κ1) is 22.3. The van der Waals surface area contributed by atoms with Gasteiger partial charge in [0.1, 0.15) is 0 Å². The van der Waals surface area contributed by atoms with E-state index in [1.54, 1.807) is 0 Å². The molecule has 6 heteroatoms. The third-order valence-corrected chi connectivity index (χ3v) is 6.67. The van der Waals surface area contributed by atoms with Crippen molar-refractivity contribution in [2.24, 2.45) is 5.92 Å². The van der Waals surface area contributed by atoms with E-state index >= 15 is 0 Å². The van der Waals surface area contributed by atoms with Gasteiger partial charge in [-0.3, -0.25) is 4.90 Å². The van der Waals surface area contributed by atoms with Crippen molar-refractivity contribution in [2.45, 2.75) is 25.8 Å². The molecule has 174 valence electrons. The maximum absolute atomic E-state index is 13.0. The van der Waals surface area contributed by atoms with Crippen molar-refractivity contribution in [3.8, 4) is 0 Å². The topological polar surface area (TPSA) is 59.1 Å². The smallest absolute Gasteiger partial charge is 0.329 e. The van der Waals surface area contributed by atoms with Gasteiger partial charge in [0.15, 0.2) is 0 Å². The van der Waals surface area contributed by atoms with Crippen molar-refractivity contribution in [3.63, 3.8) is 0 Å². The lowest BCUT2D eigenvalue weighted by Gasteiger charge is -2.22. The molecule has 2 atom stereocenters. The van der Waals surface area contributed by atoms with E-state index in [4.69, 9.17) is 9.68 Å². The monoisotopic (exact) mass is 456 g/mol. The Labute approximate surface area is 199 Å². The second-order valence-electron chi connectivity index (χ2n) is 9.07. The number of benzene rings is 3. The molecule has 0 aliphatic carbocycles. The molecule has 0 aromatic heterocycles. The molecular formula is C28H28N2O4. The van der Waals surface area contributed by atoms with E-state index in [0.29, 0.717) is 12.1 Å². The summed E-state index contributed by atoms with van der Waals surface area (Å²) in [6, 6.07) is 24.3. The number of fused-ring (bicyclic) bond motifs is 1. The van der Waals surface area contributed by atoms with E-state index in [0.717, 1.165) is 47.6 Å². The van der Waals surface area contributed by atoms with Gasteiger partial charge >= 0.3 is 11.9 Å². The molecule has 5 rings (SSSR count). The van der Waals surface area contributed by atoms with Crippen LogP contribution in [0.5, 0.6) is 0 Å². The maximum atomic E-state index is 13.0. The summed E-state index contributed by atoms with van der Waals surface area (Å²) in [5.74, 6) is -1.22. The average Bonchev–Trinajstić information content (AvgIpc) is 3.22. The molecule has 0 saturated carbocycles. The number of carbonyl (C=O) groups excluding carboxylic acids is 2. The SMILES string of the molecule is CC(C1=CC(=O)ON(C[C@@H]2CCN(Cc3ccccc3)C2)OC1=O)c1cccc2ccccc12. The van der Waals surface area contributed by atoms with Gasteiger partial charge < -0.3 is 9.68 Å². The fourth-order valence-electron chi connectivity index (χ4n) is 4.91. The Morgan fingerprint density at radius 2 is 1.71 bits per heavy atom. The van der Waals surface area contributed by atoms with Crippen LogP contribution < -0.4 is 0 Å². The molecule has 3 aromatic carbocycles. The Balaban J connectivity index is 1.25. The molecule has 0 radical (unpaired) electrons. The lowest BCUT2D eigenvalue weighted by molar-refractivity contribution is -0.322. The molecule has 2 heterocycles. The predicted molar refractivity (Wildman–Crippen MR) is 129 cm³/mol. The molecule has 6 nitrogen and oxygen atoms in total. The van der Waals surface area contributed by atoms with Crippen LogP contribution in [0.15, 0.2) is 84.4 Å². The molecular weight excluding hydrogens is 428 g/mol. The quantitative estimate of drug-likeness (QED) is 0.539. The van der Waals surface area contributed by atoms with Crippen LogP contribution in [0.1, 0.15) is 30.4 Å². The minimum absolute atomic E-state index is 0.237. The number of hydrogen-bond acceptors (Lipinski definition) is 6. The van der Waals surface area contributed by atoms with Crippen molar-refractivity contribution in [2.75, 3.05) is 19.6 Å². The summed E-state index contributed by atoms with van der Waals surface area (Å²) in [5.41, 5.74) is 2.53. The molecule has 2 aliphatic rings. The number of rotatable bonds is 6. The summed E-state index contributed by atoms with van der Waals surface area (Å²) < 4.78 is 0. The zero-order valence-corrected chi connectivity index (χ0v) is 19.2. The standard InChI is InChI=1S/C28H28N2O4/c1-20(24-13-7-11-23-10-5-6-12-25(23)24)26-16-27(31)33-30(34-28(26)32)19-22-14-15-29(18-22)17-21-8-3-2-4-9-21/h2-13,16,20,22H,14-15,17-19H2,1H3/t20?,22-/m1/s1. The molecule has 1 fully saturated rings. The van der Waals surface area contributed by atoms with Crippen molar-refractivity contribution in [1.29, 1.82) is 0 Å². The Morgan fingerprint density at radius 1 is 0.941 bits per heavy atom. The first-order chi connectivity index (χ1) is 16.6. The van der Waals surface area contributed by atoms with Gasteiger partial charge in [0.05, 0.1) is 12.1 Å². The summed E-state index contributed by atoms with van der Waals surface area (Å²) in [5, 5.41) is 3.20. The highest BCUT2D eigenvalue weighted by molar-refractivity contribution is 5.99. The number of nitrogens with zero attached hydrogens (tertiary/aromatic N) is 2. The van der Waals surface area contributed by atoms with Gasteiger partial charge in [-0.15, -0.1) is 0 Å². The van der Waals surface area contributed by atoms with Crippen LogP contribution in [-0.4, -0.2) is 41.7 Å². The van der Waals surface area contributed by atoms with Crippen molar-refractivity contribution in [3.05, 3.63) is 95.6 Å². The second kappa shape index (κ2) is 9.79. The van der Waals surface area contributed by atoms with E-state index in [1.165, 1.54) is 11.6 Å². The number of hydrogen-bond donors (Lipinski definition) is 0. The van der Waals surface area contributed by atoms with Crippen molar-refractivity contribution in [1.82, 2.24) is 10.1 Å². The Kier molecular flexibility index (Phi) is 6.43. The van der Waals surface area contributed by atoms with Crippen LogP contribution in [-0.2, 0) is 25.8 Å². The van der Waals surface area contributed by atoms with Crippen molar-refractivity contribution < 1.29 is 19.3 Å². The summed E-state index contributed by atoms with van der Waals surface area (Å²) in [7, 11) is 0. The highest BCUT2D eigenvalue weighted by atomic mass is 17.0. The van der Waals surface area contributed by atoms with Gasteiger partial charge in [-0.05, 0) is 40.8 Å². The van der Waals surface area contributed by atoms with E-state index in [1.807, 2.05) is 67.6 Å². The summed E-state index contributed by atoms with van der Waals surface area (Å²) in [4.78, 5) is 38.8. The van der Waals surface area contributed by atoms with Crippen LogP contribution in [0.3, 0.4) is 0 Å². The first-order valence-corrected chi connectivity index (χ1v) is 11.7. The third kappa shape index (κ3) is 4.88. The third-order valence-electron chi connectivity index (χ3n) is 6.67. The minimum atomic E-state index is -0.591. The van der Waals surface area contributed by atoms with E-state index in [9.17, 15) is 9.59 Å². The molecule has 0 N–H and O–H groups in total. The van der Waals surface area contributed by atoms with Crippen LogP contribution in [0.25, 0.3) is 10.8 Å². The highest BCUT2D eigenvalue weighted by Gasteiger charge is 2.33. The maximum Gasteiger partial charge on any atom is 0.357 e. The summed E-state index contributed by atoms with van der Waals surface area (Å²) in [6.07, 6.45) is 2.22. The highest BCUT2D eigenvalue weighted by Crippen LogP contribution is 2.32. The zero-order valence-electron chi connectivity index (χ0n) is 19.2. The van der Waals surface area contributed by atoms with Crippen LogP contribution >= 0.6 is 0 Å². The van der Waals surface area contributed by atoms with Gasteiger partial charge in [0, 0.05) is 30.3 Å². The normalized spacial score (nSPS) is 20.5. The molecule has 2 aliphatic heterocycles. The van der Waals surface area contributed by atoms with E-state index in [-0.39, 0.29) is 11.8 Å². The Bertz CT molecular complexity index is 1220. The minimum Gasteiger partial charge on any atom is -0.329 e. The fourth-order valence-corrected chi connectivity index (χ4v) is 4.91. The molecule has 3 aromatic rings. The lowest BCUT2D eigenvalue weighted by Crippen LogP contribution is -2.34.